The molecule has 1 aromatic carbocycles. The van der Waals surface area contributed by atoms with Crippen molar-refractivity contribution in [3.8, 4) is 17.3 Å². The van der Waals surface area contributed by atoms with Crippen molar-refractivity contribution in [3.63, 3.8) is 0 Å². The molecule has 0 aliphatic carbocycles. The zero-order valence-corrected chi connectivity index (χ0v) is 20.8. The van der Waals surface area contributed by atoms with Crippen LogP contribution >= 0.6 is 0 Å². The molecule has 2 saturated heterocycles. The number of aromatic nitrogens is 4. The molecule has 4 aromatic heterocycles. The molecule has 192 valence electrons. The molecule has 2 aliphatic heterocycles. The standard InChI is InChI=1S/C28H27N7O3/c36-26-8-6-19(31-26)18-37-27-9-7-25-30-17-22(35(25)32-27)24-16-21-23(38-24)10-11-29-28(21)34-14-12-33(13-15-34)20-4-2-1-3-5-20/h1-5,7,9-11,16-17,19H,6,8,12-15,18H2,(H,31,36)/t19-/m1/s1. The average Bonchev–Trinajstić information content (AvgIpc) is 3.70. The molecule has 0 unspecified atom stereocenters. The highest BCUT2D eigenvalue weighted by atomic mass is 16.5. The van der Waals surface area contributed by atoms with Gasteiger partial charge in [-0.05, 0) is 36.8 Å². The van der Waals surface area contributed by atoms with Crippen LogP contribution in [0.25, 0.3) is 28.1 Å². The second-order valence-electron chi connectivity index (χ2n) is 9.67. The number of benzene rings is 1. The van der Waals surface area contributed by atoms with Crippen LogP contribution in [0.4, 0.5) is 11.5 Å². The smallest absolute Gasteiger partial charge is 0.231 e. The molecular formula is C28H27N7O3. The summed E-state index contributed by atoms with van der Waals surface area (Å²) in [6, 6.07) is 18.1. The second-order valence-corrected chi connectivity index (χ2v) is 9.67. The Labute approximate surface area is 218 Å². The average molecular weight is 510 g/mol. The number of carbonyl (C=O) groups excluding carboxylic acids is 1. The number of amides is 1. The van der Waals surface area contributed by atoms with E-state index < -0.39 is 0 Å². The summed E-state index contributed by atoms with van der Waals surface area (Å²) in [6.07, 6.45) is 4.87. The van der Waals surface area contributed by atoms with E-state index in [4.69, 9.17) is 14.1 Å². The molecule has 5 aromatic rings. The summed E-state index contributed by atoms with van der Waals surface area (Å²) >= 11 is 0. The Balaban J connectivity index is 1.13. The van der Waals surface area contributed by atoms with E-state index in [1.165, 1.54) is 5.69 Å². The van der Waals surface area contributed by atoms with Crippen LogP contribution in [-0.4, -0.2) is 64.3 Å². The van der Waals surface area contributed by atoms with Crippen molar-refractivity contribution in [2.75, 3.05) is 42.6 Å². The summed E-state index contributed by atoms with van der Waals surface area (Å²) in [5.41, 5.74) is 3.45. The molecular weight excluding hydrogens is 482 g/mol. The van der Waals surface area contributed by atoms with Crippen LogP contribution in [-0.2, 0) is 4.79 Å². The van der Waals surface area contributed by atoms with Gasteiger partial charge in [0.05, 0.1) is 17.6 Å². The van der Waals surface area contributed by atoms with Crippen molar-refractivity contribution in [1.29, 1.82) is 0 Å². The number of furan rings is 1. The van der Waals surface area contributed by atoms with Crippen molar-refractivity contribution in [2.45, 2.75) is 18.9 Å². The molecule has 10 heteroatoms. The Hall–Kier alpha value is -4.60. The lowest BCUT2D eigenvalue weighted by Crippen LogP contribution is -2.46. The van der Waals surface area contributed by atoms with E-state index >= 15 is 0 Å². The molecule has 0 spiro atoms. The van der Waals surface area contributed by atoms with Crippen LogP contribution in [0.2, 0.25) is 0 Å². The first-order valence-corrected chi connectivity index (χ1v) is 12.9. The Morgan fingerprint density at radius 1 is 1.00 bits per heavy atom. The van der Waals surface area contributed by atoms with E-state index in [1.807, 2.05) is 24.3 Å². The molecule has 6 heterocycles. The predicted molar refractivity (Wildman–Crippen MR) is 144 cm³/mol. The van der Waals surface area contributed by atoms with Crippen molar-refractivity contribution >= 4 is 34.0 Å². The zero-order valence-electron chi connectivity index (χ0n) is 20.8. The third-order valence-electron chi connectivity index (χ3n) is 7.23. The Kier molecular flexibility index (Phi) is 5.57. The molecule has 10 nitrogen and oxygen atoms in total. The van der Waals surface area contributed by atoms with Crippen molar-refractivity contribution in [1.82, 2.24) is 24.9 Å². The van der Waals surface area contributed by atoms with Crippen molar-refractivity contribution in [3.05, 3.63) is 67.0 Å². The summed E-state index contributed by atoms with van der Waals surface area (Å²) in [4.78, 5) is 25.4. The summed E-state index contributed by atoms with van der Waals surface area (Å²) in [7, 11) is 0. The fourth-order valence-electron chi connectivity index (χ4n) is 5.23. The molecule has 0 bridgehead atoms. The number of fused-ring (bicyclic) bond motifs is 2. The minimum atomic E-state index is 0.0121. The van der Waals surface area contributed by atoms with Gasteiger partial charge >= 0.3 is 0 Å². The van der Waals surface area contributed by atoms with Gasteiger partial charge in [0.1, 0.15) is 23.7 Å². The van der Waals surface area contributed by atoms with Crippen molar-refractivity contribution in [2.24, 2.45) is 0 Å². The maximum Gasteiger partial charge on any atom is 0.231 e. The van der Waals surface area contributed by atoms with Crippen LogP contribution in [0.5, 0.6) is 5.88 Å². The number of anilines is 2. The number of para-hydroxylation sites is 1. The number of nitrogens with one attached hydrogen (secondary N) is 1. The minimum absolute atomic E-state index is 0.0121. The fraction of sp³-hybridized carbons (Fsp3) is 0.286. The Morgan fingerprint density at radius 2 is 1.84 bits per heavy atom. The number of imidazole rings is 1. The number of ether oxygens (including phenoxy) is 1. The van der Waals surface area contributed by atoms with Gasteiger partial charge in [0.25, 0.3) is 0 Å². The van der Waals surface area contributed by atoms with Gasteiger partial charge in [0.15, 0.2) is 11.4 Å². The van der Waals surface area contributed by atoms with Gasteiger partial charge in [-0.2, -0.15) is 0 Å². The maximum atomic E-state index is 11.5. The van der Waals surface area contributed by atoms with Crippen LogP contribution < -0.4 is 19.9 Å². The molecule has 1 atom stereocenters. The lowest BCUT2D eigenvalue weighted by Gasteiger charge is -2.36. The lowest BCUT2D eigenvalue weighted by molar-refractivity contribution is -0.119. The molecule has 1 amide bonds. The molecule has 2 fully saturated rings. The summed E-state index contributed by atoms with van der Waals surface area (Å²) < 4.78 is 13.9. The molecule has 0 radical (unpaired) electrons. The first kappa shape index (κ1) is 22.6. The van der Waals surface area contributed by atoms with Crippen LogP contribution in [0.15, 0.2) is 71.4 Å². The van der Waals surface area contributed by atoms with Crippen LogP contribution in [0.1, 0.15) is 12.8 Å². The number of hydrogen-bond donors (Lipinski definition) is 1. The van der Waals surface area contributed by atoms with Gasteiger partial charge < -0.3 is 24.3 Å². The minimum Gasteiger partial charge on any atom is -0.474 e. The summed E-state index contributed by atoms with van der Waals surface area (Å²) in [6.45, 7) is 3.99. The lowest BCUT2D eigenvalue weighted by atomic mass is 10.2. The van der Waals surface area contributed by atoms with Crippen LogP contribution in [0.3, 0.4) is 0 Å². The van der Waals surface area contributed by atoms with Gasteiger partial charge in [0.2, 0.25) is 11.8 Å². The zero-order chi connectivity index (χ0) is 25.5. The first-order chi connectivity index (χ1) is 18.7. The number of nitrogens with zero attached hydrogens (tertiary/aromatic N) is 6. The summed E-state index contributed by atoms with van der Waals surface area (Å²) in [5.74, 6) is 2.12. The van der Waals surface area contributed by atoms with E-state index in [0.29, 0.717) is 30.3 Å². The van der Waals surface area contributed by atoms with E-state index in [2.05, 4.69) is 49.5 Å². The highest BCUT2D eigenvalue weighted by Gasteiger charge is 2.23. The van der Waals surface area contributed by atoms with Gasteiger partial charge in [-0.15, -0.1) is 5.10 Å². The molecule has 7 rings (SSSR count). The number of piperazine rings is 1. The van der Waals surface area contributed by atoms with Crippen LogP contribution in [0, 0.1) is 0 Å². The summed E-state index contributed by atoms with van der Waals surface area (Å²) in [5, 5.41) is 8.52. The molecule has 2 aliphatic rings. The maximum absolute atomic E-state index is 11.5. The van der Waals surface area contributed by atoms with Gasteiger partial charge in [-0.1, -0.05) is 18.2 Å². The fourth-order valence-corrected chi connectivity index (χ4v) is 5.23. The highest BCUT2D eigenvalue weighted by Crippen LogP contribution is 2.33. The SMILES string of the molecule is O=C1CC[C@H](COc2ccc3ncc(-c4cc5c(N6CCN(c7ccccc7)CC6)nccc5o4)n3n2)N1. The van der Waals surface area contributed by atoms with E-state index in [9.17, 15) is 4.79 Å². The van der Waals surface area contributed by atoms with E-state index in [0.717, 1.165) is 55.1 Å². The third kappa shape index (κ3) is 4.17. The highest BCUT2D eigenvalue weighted by molar-refractivity contribution is 5.92. The Morgan fingerprint density at radius 3 is 2.66 bits per heavy atom. The van der Waals surface area contributed by atoms with E-state index in [1.54, 1.807) is 23.0 Å². The molecule has 38 heavy (non-hydrogen) atoms. The number of carbonyl (C=O) groups is 1. The molecule has 0 saturated carbocycles. The predicted octanol–water partition coefficient (Wildman–Crippen LogP) is 3.52. The van der Waals surface area contributed by atoms with Gasteiger partial charge in [0, 0.05) is 50.6 Å². The number of hydrogen-bond acceptors (Lipinski definition) is 8. The number of rotatable bonds is 6. The Bertz CT molecular complexity index is 1610. The second kappa shape index (κ2) is 9.37. The largest absolute Gasteiger partial charge is 0.474 e. The first-order valence-electron chi connectivity index (χ1n) is 12.9. The normalized spacial score (nSPS) is 17.9. The topological polar surface area (TPSA) is 101 Å². The monoisotopic (exact) mass is 509 g/mol. The molecule has 1 N–H and O–H groups in total. The van der Waals surface area contributed by atoms with Crippen molar-refractivity contribution < 1.29 is 13.9 Å². The quantitative estimate of drug-likeness (QED) is 0.371. The number of pyridine rings is 1. The third-order valence-corrected chi connectivity index (χ3v) is 7.23. The van der Waals surface area contributed by atoms with E-state index in [-0.39, 0.29) is 11.9 Å². The van der Waals surface area contributed by atoms with Gasteiger partial charge in [-0.3, -0.25) is 4.79 Å². The van der Waals surface area contributed by atoms with Gasteiger partial charge in [-0.25, -0.2) is 14.5 Å².